The zero-order chi connectivity index (χ0) is 10.9. The zero-order valence-electron chi connectivity index (χ0n) is 8.02. The van der Waals surface area contributed by atoms with E-state index in [-0.39, 0.29) is 5.56 Å². The van der Waals surface area contributed by atoms with Crippen molar-refractivity contribution in [3.05, 3.63) is 35.1 Å². The van der Waals surface area contributed by atoms with Gasteiger partial charge in [0.15, 0.2) is 0 Å². The Morgan fingerprint density at radius 2 is 1.86 bits per heavy atom. The van der Waals surface area contributed by atoms with Crippen LogP contribution >= 0.6 is 0 Å². The molecule has 0 saturated carbocycles. The Hall–Kier alpha value is -1.03. The standard InChI is InChI=1S/C10H12F3N/c1-6-3-7(5-8(11)4-6)10(2,14)9(12)13/h3-5,9H,14H2,1-2H3. The smallest absolute Gasteiger partial charge is 0.260 e. The van der Waals surface area contributed by atoms with Crippen LogP contribution in [0.15, 0.2) is 18.2 Å². The highest BCUT2D eigenvalue weighted by Gasteiger charge is 2.32. The second-order valence-electron chi connectivity index (χ2n) is 3.60. The van der Waals surface area contributed by atoms with Crippen LogP contribution in [-0.4, -0.2) is 6.43 Å². The molecule has 4 heteroatoms. The van der Waals surface area contributed by atoms with Gasteiger partial charge in [0.2, 0.25) is 0 Å². The largest absolute Gasteiger partial charge is 0.317 e. The molecule has 14 heavy (non-hydrogen) atoms. The molecule has 1 atom stereocenters. The Balaban J connectivity index is 3.18. The molecule has 0 aliphatic carbocycles. The Bertz CT molecular complexity index is 314. The van der Waals surface area contributed by atoms with Crippen LogP contribution in [0.4, 0.5) is 13.2 Å². The summed E-state index contributed by atoms with van der Waals surface area (Å²) in [5.41, 5.74) is 4.30. The fraction of sp³-hybridized carbons (Fsp3) is 0.400. The van der Waals surface area contributed by atoms with E-state index in [0.29, 0.717) is 5.56 Å². The molecular weight excluding hydrogens is 191 g/mol. The van der Waals surface area contributed by atoms with Gasteiger partial charge in [0.05, 0.1) is 5.54 Å². The molecule has 1 rings (SSSR count). The van der Waals surface area contributed by atoms with Crippen LogP contribution in [0.25, 0.3) is 0 Å². The van der Waals surface area contributed by atoms with E-state index in [4.69, 9.17) is 5.73 Å². The summed E-state index contributed by atoms with van der Waals surface area (Å²) in [4.78, 5) is 0. The molecule has 1 unspecified atom stereocenters. The Morgan fingerprint density at radius 1 is 1.29 bits per heavy atom. The molecule has 2 N–H and O–H groups in total. The van der Waals surface area contributed by atoms with Gasteiger partial charge >= 0.3 is 0 Å². The molecule has 0 spiro atoms. The van der Waals surface area contributed by atoms with Crippen LogP contribution in [0.5, 0.6) is 0 Å². The molecule has 0 aliphatic rings. The van der Waals surface area contributed by atoms with Gasteiger partial charge in [-0.15, -0.1) is 0 Å². The Morgan fingerprint density at radius 3 is 2.29 bits per heavy atom. The molecule has 0 amide bonds. The lowest BCUT2D eigenvalue weighted by Crippen LogP contribution is -2.40. The first-order valence-corrected chi connectivity index (χ1v) is 4.18. The first-order valence-electron chi connectivity index (χ1n) is 4.18. The number of benzene rings is 1. The highest BCUT2D eigenvalue weighted by molar-refractivity contribution is 5.29. The van der Waals surface area contributed by atoms with E-state index in [0.717, 1.165) is 6.07 Å². The Kier molecular flexibility index (Phi) is 2.85. The number of aryl methyl sites for hydroxylation is 1. The lowest BCUT2D eigenvalue weighted by atomic mass is 9.92. The van der Waals surface area contributed by atoms with Gasteiger partial charge in [0, 0.05) is 0 Å². The average molecular weight is 203 g/mol. The predicted octanol–water partition coefficient (Wildman–Crippen LogP) is 2.57. The number of hydrogen-bond donors (Lipinski definition) is 1. The second-order valence-corrected chi connectivity index (χ2v) is 3.60. The number of hydrogen-bond acceptors (Lipinski definition) is 1. The van der Waals surface area contributed by atoms with Crippen molar-refractivity contribution in [3.63, 3.8) is 0 Å². The summed E-state index contributed by atoms with van der Waals surface area (Å²) in [5, 5.41) is 0. The highest BCUT2D eigenvalue weighted by atomic mass is 19.3. The molecule has 0 fully saturated rings. The van der Waals surface area contributed by atoms with Gasteiger partial charge < -0.3 is 5.73 Å². The first-order chi connectivity index (χ1) is 6.34. The van der Waals surface area contributed by atoms with Crippen LogP contribution in [0.3, 0.4) is 0 Å². The van der Waals surface area contributed by atoms with Crippen molar-refractivity contribution in [1.82, 2.24) is 0 Å². The fourth-order valence-corrected chi connectivity index (χ4v) is 1.17. The summed E-state index contributed by atoms with van der Waals surface area (Å²) >= 11 is 0. The lowest BCUT2D eigenvalue weighted by molar-refractivity contribution is 0.0623. The molecular formula is C10H12F3N. The zero-order valence-corrected chi connectivity index (χ0v) is 8.02. The normalized spacial score (nSPS) is 15.6. The maximum absolute atomic E-state index is 12.9. The molecule has 1 aromatic rings. The molecule has 0 radical (unpaired) electrons. The summed E-state index contributed by atoms with van der Waals surface area (Å²) in [6.45, 7) is 2.82. The summed E-state index contributed by atoms with van der Waals surface area (Å²) < 4.78 is 37.9. The van der Waals surface area contributed by atoms with Crippen LogP contribution in [0, 0.1) is 12.7 Å². The van der Waals surface area contributed by atoms with E-state index in [1.165, 1.54) is 19.1 Å². The minimum Gasteiger partial charge on any atom is -0.317 e. The fourth-order valence-electron chi connectivity index (χ4n) is 1.17. The lowest BCUT2D eigenvalue weighted by Gasteiger charge is -2.24. The summed E-state index contributed by atoms with van der Waals surface area (Å²) in [7, 11) is 0. The molecule has 1 nitrogen and oxygen atoms in total. The minimum absolute atomic E-state index is 0.116. The number of halogens is 3. The van der Waals surface area contributed by atoms with E-state index < -0.39 is 17.8 Å². The van der Waals surface area contributed by atoms with Crippen LogP contribution in [-0.2, 0) is 5.54 Å². The molecule has 0 saturated heterocycles. The summed E-state index contributed by atoms with van der Waals surface area (Å²) in [6, 6.07) is 3.78. The van der Waals surface area contributed by atoms with Gasteiger partial charge in [-0.05, 0) is 37.1 Å². The van der Waals surface area contributed by atoms with Gasteiger partial charge in [-0.1, -0.05) is 6.07 Å². The van der Waals surface area contributed by atoms with Crippen molar-refractivity contribution < 1.29 is 13.2 Å². The number of alkyl halides is 2. The quantitative estimate of drug-likeness (QED) is 0.785. The molecule has 0 aromatic heterocycles. The van der Waals surface area contributed by atoms with Gasteiger partial charge in [-0.2, -0.15) is 0 Å². The number of rotatable bonds is 2. The van der Waals surface area contributed by atoms with Gasteiger partial charge in [0.1, 0.15) is 5.82 Å². The van der Waals surface area contributed by atoms with Crippen molar-refractivity contribution in [2.24, 2.45) is 5.73 Å². The van der Waals surface area contributed by atoms with Crippen molar-refractivity contribution in [1.29, 1.82) is 0 Å². The third kappa shape index (κ3) is 2.07. The molecule has 0 aliphatic heterocycles. The third-order valence-corrected chi connectivity index (χ3v) is 2.12. The van der Waals surface area contributed by atoms with E-state index >= 15 is 0 Å². The van der Waals surface area contributed by atoms with Gasteiger partial charge in [0.25, 0.3) is 6.43 Å². The van der Waals surface area contributed by atoms with E-state index in [9.17, 15) is 13.2 Å². The highest BCUT2D eigenvalue weighted by Crippen LogP contribution is 2.26. The molecule has 78 valence electrons. The van der Waals surface area contributed by atoms with Crippen LogP contribution < -0.4 is 5.73 Å². The molecule has 0 heterocycles. The summed E-state index contributed by atoms with van der Waals surface area (Å²) in [6.07, 6.45) is -2.72. The monoisotopic (exact) mass is 203 g/mol. The molecule has 1 aromatic carbocycles. The SMILES string of the molecule is Cc1cc(F)cc(C(C)(N)C(F)F)c1. The summed E-state index contributed by atoms with van der Waals surface area (Å²) in [5.74, 6) is -0.544. The molecule has 0 bridgehead atoms. The second kappa shape index (κ2) is 3.61. The maximum atomic E-state index is 12.9. The van der Waals surface area contributed by atoms with Gasteiger partial charge in [-0.25, -0.2) is 13.2 Å². The van der Waals surface area contributed by atoms with Crippen molar-refractivity contribution in [3.8, 4) is 0 Å². The van der Waals surface area contributed by atoms with Crippen molar-refractivity contribution in [2.45, 2.75) is 25.8 Å². The van der Waals surface area contributed by atoms with E-state index in [2.05, 4.69) is 0 Å². The van der Waals surface area contributed by atoms with Crippen LogP contribution in [0.2, 0.25) is 0 Å². The minimum atomic E-state index is -2.72. The maximum Gasteiger partial charge on any atom is 0.260 e. The predicted molar refractivity (Wildman–Crippen MR) is 48.7 cm³/mol. The van der Waals surface area contributed by atoms with Gasteiger partial charge in [-0.3, -0.25) is 0 Å². The van der Waals surface area contributed by atoms with Crippen LogP contribution in [0.1, 0.15) is 18.1 Å². The third-order valence-electron chi connectivity index (χ3n) is 2.12. The average Bonchev–Trinajstić information content (AvgIpc) is 2.01. The topological polar surface area (TPSA) is 26.0 Å². The first kappa shape index (κ1) is 11.0. The number of nitrogens with two attached hydrogens (primary N) is 1. The van der Waals surface area contributed by atoms with E-state index in [1.807, 2.05) is 0 Å². The van der Waals surface area contributed by atoms with E-state index in [1.54, 1.807) is 6.92 Å². The van der Waals surface area contributed by atoms with Crippen molar-refractivity contribution >= 4 is 0 Å². The Labute approximate surface area is 80.7 Å². The van der Waals surface area contributed by atoms with Crippen molar-refractivity contribution in [2.75, 3.05) is 0 Å².